The summed E-state index contributed by atoms with van der Waals surface area (Å²) in [4.78, 5) is 0. The van der Waals surface area contributed by atoms with Gasteiger partial charge in [0.2, 0.25) is 0 Å². The predicted octanol–water partition coefficient (Wildman–Crippen LogP) is -4.43. The van der Waals surface area contributed by atoms with Crippen LogP contribution in [0, 0.1) is 0 Å². The van der Waals surface area contributed by atoms with Crippen LogP contribution < -0.4 is 34.7 Å². The summed E-state index contributed by atoms with van der Waals surface area (Å²) in [6.07, 6.45) is 0. The Morgan fingerprint density at radius 2 is 2.00 bits per heavy atom. The molecular weight excluding hydrogens is 157 g/mol. The van der Waals surface area contributed by atoms with Crippen LogP contribution in [0.3, 0.4) is 0 Å². The summed E-state index contributed by atoms with van der Waals surface area (Å²) in [5, 5.41) is 9.75. The maximum atomic E-state index is 9.75. The van der Waals surface area contributed by atoms with Crippen molar-refractivity contribution in [1.82, 2.24) is 0 Å². The third-order valence-corrected chi connectivity index (χ3v) is 0.732. The Hall–Kier alpha value is 0.380. The standard InChI is InChI=1S/C2H5NO4S.Na/c1-2(4)3-8(5,6)7;/h1H3,(H,3,4)(H,5,6,7);/q;+1/p-1. The number of rotatable bonds is 1. The fourth-order valence-corrected chi connectivity index (χ4v) is 0.487. The minimum Gasteiger partial charge on any atom is -0.861 e. The molecular formula is C2H4NNaO4S. The zero-order chi connectivity index (χ0) is 6.78. The second kappa shape index (κ2) is 4.24. The molecule has 1 N–H and O–H groups in total. The Morgan fingerprint density at radius 3 is 2.00 bits per heavy atom. The molecule has 0 aliphatic rings. The molecule has 0 unspecified atom stereocenters. The van der Waals surface area contributed by atoms with E-state index in [1.54, 1.807) is 0 Å². The van der Waals surface area contributed by atoms with Crippen LogP contribution in [-0.4, -0.2) is 18.9 Å². The molecule has 5 nitrogen and oxygen atoms in total. The van der Waals surface area contributed by atoms with Gasteiger partial charge in [0.25, 0.3) is 0 Å². The third-order valence-electron chi connectivity index (χ3n) is 0.244. The van der Waals surface area contributed by atoms with Gasteiger partial charge < -0.3 is 5.11 Å². The molecule has 0 aromatic heterocycles. The molecule has 0 aliphatic heterocycles. The Balaban J connectivity index is 0. The van der Waals surface area contributed by atoms with Crippen LogP contribution >= 0.6 is 0 Å². The largest absolute Gasteiger partial charge is 1.00 e. The Morgan fingerprint density at radius 1 is 1.67 bits per heavy atom. The van der Waals surface area contributed by atoms with Crippen LogP contribution in [0.1, 0.15) is 6.92 Å². The molecule has 0 radical (unpaired) electrons. The van der Waals surface area contributed by atoms with E-state index in [4.69, 9.17) is 4.55 Å². The van der Waals surface area contributed by atoms with E-state index >= 15 is 0 Å². The molecule has 0 fully saturated rings. The summed E-state index contributed by atoms with van der Waals surface area (Å²) in [6, 6.07) is 0. The van der Waals surface area contributed by atoms with E-state index < -0.39 is 16.2 Å². The van der Waals surface area contributed by atoms with Crippen molar-refractivity contribution < 1.29 is 47.6 Å². The number of hydrogen-bond acceptors (Lipinski definition) is 3. The zero-order valence-corrected chi connectivity index (χ0v) is 7.84. The minimum absolute atomic E-state index is 0. The predicted molar refractivity (Wildman–Crippen MR) is 24.7 cm³/mol. The average molecular weight is 161 g/mol. The van der Waals surface area contributed by atoms with Crippen molar-refractivity contribution in [2.24, 2.45) is 4.40 Å². The van der Waals surface area contributed by atoms with Gasteiger partial charge in [-0.05, 0) is 12.8 Å². The average Bonchev–Trinajstić information content (AvgIpc) is 1.21. The fourth-order valence-electron chi connectivity index (χ4n) is 0.162. The van der Waals surface area contributed by atoms with Gasteiger partial charge >= 0.3 is 39.9 Å². The molecule has 48 valence electrons. The molecule has 0 saturated carbocycles. The molecule has 9 heavy (non-hydrogen) atoms. The van der Waals surface area contributed by atoms with E-state index in [2.05, 4.69) is 4.40 Å². The van der Waals surface area contributed by atoms with Gasteiger partial charge in [-0.25, -0.2) is 0 Å². The normalized spacial score (nSPS) is 12.4. The van der Waals surface area contributed by atoms with Gasteiger partial charge in [-0.3, -0.25) is 4.55 Å². The van der Waals surface area contributed by atoms with Crippen LogP contribution in [0.4, 0.5) is 0 Å². The molecule has 0 heterocycles. The second-order valence-electron chi connectivity index (χ2n) is 1.06. The molecule has 0 amide bonds. The molecule has 0 rings (SSSR count). The van der Waals surface area contributed by atoms with Gasteiger partial charge in [0, 0.05) is 0 Å². The second-order valence-corrected chi connectivity index (χ2v) is 2.14. The molecule has 0 aromatic carbocycles. The summed E-state index contributed by atoms with van der Waals surface area (Å²) < 4.78 is 29.3. The molecule has 0 aliphatic carbocycles. The zero-order valence-electron chi connectivity index (χ0n) is 5.03. The monoisotopic (exact) mass is 161 g/mol. The van der Waals surface area contributed by atoms with Crippen molar-refractivity contribution in [1.29, 1.82) is 0 Å². The molecule has 7 heteroatoms. The quantitative estimate of drug-likeness (QED) is 0.182. The maximum Gasteiger partial charge on any atom is 1.00 e. The Kier molecular flexibility index (Phi) is 5.69. The first-order valence-electron chi connectivity index (χ1n) is 1.63. The summed E-state index contributed by atoms with van der Waals surface area (Å²) in [5.74, 6) is -0.937. The number of hydrogen-bond donors (Lipinski definition) is 1. The smallest absolute Gasteiger partial charge is 0.861 e. The topological polar surface area (TPSA) is 89.8 Å². The van der Waals surface area contributed by atoms with Crippen molar-refractivity contribution in [3.63, 3.8) is 0 Å². The molecule has 0 spiro atoms. The molecule has 0 bridgehead atoms. The minimum atomic E-state index is -4.45. The fraction of sp³-hybridized carbons (Fsp3) is 0.500. The van der Waals surface area contributed by atoms with Gasteiger partial charge in [0.1, 0.15) is 0 Å². The van der Waals surface area contributed by atoms with Crippen LogP contribution in [0.5, 0.6) is 0 Å². The summed E-state index contributed by atoms with van der Waals surface area (Å²) in [5.41, 5.74) is 0. The van der Waals surface area contributed by atoms with E-state index in [1.807, 2.05) is 0 Å². The molecule has 0 aromatic rings. The van der Waals surface area contributed by atoms with E-state index in [-0.39, 0.29) is 29.6 Å². The number of nitrogens with zero attached hydrogens (tertiary/aromatic N) is 1. The van der Waals surface area contributed by atoms with Gasteiger partial charge in [0.15, 0.2) is 0 Å². The maximum absolute atomic E-state index is 9.75. The first-order valence-corrected chi connectivity index (χ1v) is 3.02. The van der Waals surface area contributed by atoms with Crippen LogP contribution in [-0.2, 0) is 10.3 Å². The van der Waals surface area contributed by atoms with E-state index in [0.29, 0.717) is 0 Å². The van der Waals surface area contributed by atoms with Crippen LogP contribution in [0.15, 0.2) is 4.40 Å². The Labute approximate surface area is 75.0 Å². The van der Waals surface area contributed by atoms with Crippen molar-refractivity contribution in [2.75, 3.05) is 0 Å². The summed E-state index contributed by atoms with van der Waals surface area (Å²) >= 11 is 0. The van der Waals surface area contributed by atoms with Crippen molar-refractivity contribution in [3.8, 4) is 0 Å². The third kappa shape index (κ3) is 11.8. The molecule has 0 atom stereocenters. The van der Waals surface area contributed by atoms with Gasteiger partial charge in [0.05, 0.1) is 0 Å². The van der Waals surface area contributed by atoms with Crippen molar-refractivity contribution >= 4 is 16.2 Å². The van der Waals surface area contributed by atoms with E-state index in [1.165, 1.54) is 0 Å². The van der Waals surface area contributed by atoms with Crippen molar-refractivity contribution in [3.05, 3.63) is 0 Å². The first kappa shape index (κ1) is 12.1. The van der Waals surface area contributed by atoms with Gasteiger partial charge in [-0.1, -0.05) is 0 Å². The van der Waals surface area contributed by atoms with Crippen molar-refractivity contribution in [2.45, 2.75) is 6.92 Å². The Bertz CT molecular complexity index is 191. The SMILES string of the molecule is CC([O-])=NS(=O)(=O)O.[Na+]. The van der Waals surface area contributed by atoms with E-state index in [0.717, 1.165) is 6.92 Å². The first-order chi connectivity index (χ1) is 3.42. The molecule has 0 saturated heterocycles. The van der Waals surface area contributed by atoms with Crippen LogP contribution in [0.25, 0.3) is 0 Å². The summed E-state index contributed by atoms with van der Waals surface area (Å²) in [7, 11) is -4.45. The van der Waals surface area contributed by atoms with Gasteiger partial charge in [-0.2, -0.15) is 12.8 Å². The van der Waals surface area contributed by atoms with E-state index in [9.17, 15) is 13.5 Å². The van der Waals surface area contributed by atoms with Crippen LogP contribution in [0.2, 0.25) is 0 Å². The van der Waals surface area contributed by atoms with Gasteiger partial charge in [-0.15, -0.1) is 0 Å². The summed E-state index contributed by atoms with van der Waals surface area (Å²) in [6.45, 7) is 0.924.